The number of rotatable bonds is 8. The Kier molecular flexibility index (Phi) is 8.10. The molecule has 0 bridgehead atoms. The van der Waals surface area contributed by atoms with E-state index in [2.05, 4.69) is 22.1 Å². The summed E-state index contributed by atoms with van der Waals surface area (Å²) in [6.07, 6.45) is 12.7. The maximum absolute atomic E-state index is 15.3. The van der Waals surface area contributed by atoms with Crippen molar-refractivity contribution in [3.8, 4) is 0 Å². The number of aromatic nitrogens is 2. The van der Waals surface area contributed by atoms with Gasteiger partial charge in [0.2, 0.25) is 0 Å². The van der Waals surface area contributed by atoms with Crippen LogP contribution in [0, 0.1) is 25.5 Å². The van der Waals surface area contributed by atoms with Crippen LogP contribution >= 0.6 is 0 Å². The van der Waals surface area contributed by atoms with Crippen molar-refractivity contribution in [1.29, 1.82) is 0 Å². The number of benzene rings is 2. The molecule has 7 heteroatoms. The molecule has 0 aliphatic heterocycles. The second-order valence-corrected chi connectivity index (χ2v) is 13.8. The summed E-state index contributed by atoms with van der Waals surface area (Å²) in [6, 6.07) is 13.7. The van der Waals surface area contributed by atoms with Gasteiger partial charge in [0.15, 0.2) is 9.84 Å². The van der Waals surface area contributed by atoms with Gasteiger partial charge in [-0.2, -0.15) is 0 Å². The van der Waals surface area contributed by atoms with E-state index in [-0.39, 0.29) is 11.1 Å². The highest BCUT2D eigenvalue weighted by Gasteiger charge is 2.23. The SMILES string of the molecule is Cc1cncc(C2=C(c3ccc(CS(=O)(=O)Cc4ccc(C5=C(c6cncc(C)c6)CCC5)cc4F)c(F)c3)CCC2)c1. The van der Waals surface area contributed by atoms with Crippen LogP contribution < -0.4 is 0 Å². The number of nitrogens with zero attached hydrogens (tertiary/aromatic N) is 2. The van der Waals surface area contributed by atoms with Gasteiger partial charge in [0, 0.05) is 35.9 Å². The van der Waals surface area contributed by atoms with E-state index < -0.39 is 33.0 Å². The summed E-state index contributed by atoms with van der Waals surface area (Å²) < 4.78 is 56.8. The number of sulfone groups is 1. The summed E-state index contributed by atoms with van der Waals surface area (Å²) >= 11 is 0. The van der Waals surface area contributed by atoms with Crippen molar-refractivity contribution < 1.29 is 17.2 Å². The van der Waals surface area contributed by atoms with Crippen LogP contribution in [0.25, 0.3) is 22.3 Å². The van der Waals surface area contributed by atoms with Crippen molar-refractivity contribution in [3.63, 3.8) is 0 Å². The Hall–Kier alpha value is -3.97. The zero-order chi connectivity index (χ0) is 30.1. The molecule has 0 saturated heterocycles. The third-order valence-electron chi connectivity index (χ3n) is 8.44. The lowest BCUT2D eigenvalue weighted by Gasteiger charge is -2.12. The number of hydrogen-bond acceptors (Lipinski definition) is 4. The number of hydrogen-bond donors (Lipinski definition) is 0. The van der Waals surface area contributed by atoms with E-state index in [0.29, 0.717) is 0 Å². The van der Waals surface area contributed by atoms with Crippen LogP contribution in [0.3, 0.4) is 0 Å². The van der Waals surface area contributed by atoms with E-state index in [1.54, 1.807) is 36.7 Å². The van der Waals surface area contributed by atoms with Crippen molar-refractivity contribution >= 4 is 32.1 Å². The first-order chi connectivity index (χ1) is 20.7. The first kappa shape index (κ1) is 29.1. The molecule has 4 nitrogen and oxygen atoms in total. The van der Waals surface area contributed by atoms with Gasteiger partial charge in [-0.25, -0.2) is 17.2 Å². The zero-order valence-electron chi connectivity index (χ0n) is 24.5. The Morgan fingerprint density at radius 2 is 0.977 bits per heavy atom. The molecule has 43 heavy (non-hydrogen) atoms. The highest BCUT2D eigenvalue weighted by Crippen LogP contribution is 2.41. The Bertz CT molecular complexity index is 1760. The predicted octanol–water partition coefficient (Wildman–Crippen LogP) is 8.68. The third-order valence-corrected chi connectivity index (χ3v) is 9.94. The molecule has 0 spiro atoms. The van der Waals surface area contributed by atoms with E-state index in [0.717, 1.165) is 94.2 Å². The molecule has 0 atom stereocenters. The fourth-order valence-electron chi connectivity index (χ4n) is 6.43. The summed E-state index contributed by atoms with van der Waals surface area (Å²) in [4.78, 5) is 8.61. The van der Waals surface area contributed by atoms with Gasteiger partial charge >= 0.3 is 0 Å². The quantitative estimate of drug-likeness (QED) is 0.204. The van der Waals surface area contributed by atoms with E-state index in [9.17, 15) is 8.42 Å². The zero-order valence-corrected chi connectivity index (χ0v) is 25.3. The minimum Gasteiger partial charge on any atom is -0.264 e. The second kappa shape index (κ2) is 12.0. The van der Waals surface area contributed by atoms with Gasteiger partial charge in [0.05, 0.1) is 11.5 Å². The highest BCUT2D eigenvalue weighted by atomic mass is 32.2. The standard InChI is InChI=1S/C36H34F2N2O2S/c1-23-13-29(19-39-17-23)33-7-3-5-31(33)25-9-11-27(35(37)15-25)21-43(41,42)22-28-12-10-26(16-36(28)38)32-6-4-8-34(32)30-14-24(2)18-40-20-30/h9-20H,3-8,21-22H2,1-2H3. The van der Waals surface area contributed by atoms with Crippen molar-refractivity contribution in [2.75, 3.05) is 0 Å². The van der Waals surface area contributed by atoms with Crippen molar-refractivity contribution in [3.05, 3.63) is 129 Å². The van der Waals surface area contributed by atoms with Crippen molar-refractivity contribution in [2.45, 2.75) is 63.9 Å². The largest absolute Gasteiger partial charge is 0.264 e. The molecule has 0 N–H and O–H groups in total. The monoisotopic (exact) mass is 596 g/mol. The van der Waals surface area contributed by atoms with Crippen molar-refractivity contribution in [2.24, 2.45) is 0 Å². The predicted molar refractivity (Wildman–Crippen MR) is 168 cm³/mol. The Balaban J connectivity index is 1.20. The maximum Gasteiger partial charge on any atom is 0.158 e. The lowest BCUT2D eigenvalue weighted by Crippen LogP contribution is -2.10. The topological polar surface area (TPSA) is 59.9 Å². The van der Waals surface area contributed by atoms with Gasteiger partial charge in [-0.1, -0.05) is 24.3 Å². The first-order valence-corrected chi connectivity index (χ1v) is 16.5. The number of aryl methyl sites for hydroxylation is 2. The molecule has 0 amide bonds. The van der Waals surface area contributed by atoms with Crippen LogP contribution in [-0.2, 0) is 21.3 Å². The molecule has 2 heterocycles. The molecule has 4 aromatic rings. The van der Waals surface area contributed by atoms with E-state index in [1.807, 2.05) is 26.2 Å². The molecule has 0 saturated carbocycles. The normalized spacial score (nSPS) is 15.5. The van der Waals surface area contributed by atoms with Gasteiger partial charge in [-0.15, -0.1) is 0 Å². The van der Waals surface area contributed by atoms with Crippen LogP contribution in [0.4, 0.5) is 8.78 Å². The molecule has 6 rings (SSSR count). The van der Waals surface area contributed by atoms with Gasteiger partial charge in [0.25, 0.3) is 0 Å². The second-order valence-electron chi connectivity index (χ2n) is 11.8. The van der Waals surface area contributed by atoms with Gasteiger partial charge in [-0.05, 0) is 132 Å². The lowest BCUT2D eigenvalue weighted by atomic mass is 9.96. The smallest absolute Gasteiger partial charge is 0.158 e. The van der Waals surface area contributed by atoms with Crippen LogP contribution in [0.15, 0.2) is 73.3 Å². The van der Waals surface area contributed by atoms with Gasteiger partial charge in [0.1, 0.15) is 11.6 Å². The summed E-state index contributed by atoms with van der Waals surface area (Å²) in [6.45, 7) is 3.99. The maximum atomic E-state index is 15.3. The first-order valence-electron chi connectivity index (χ1n) is 14.7. The highest BCUT2D eigenvalue weighted by molar-refractivity contribution is 7.89. The number of allylic oxidation sites excluding steroid dienone is 4. The van der Waals surface area contributed by atoms with Crippen LogP contribution in [0.2, 0.25) is 0 Å². The Morgan fingerprint density at radius 3 is 1.35 bits per heavy atom. The number of halogens is 2. The molecule has 2 aliphatic rings. The number of pyridine rings is 2. The molecule has 0 unspecified atom stereocenters. The lowest BCUT2D eigenvalue weighted by molar-refractivity contribution is 0.580. The van der Waals surface area contributed by atoms with Crippen molar-refractivity contribution in [1.82, 2.24) is 9.97 Å². The molecular formula is C36H34F2N2O2S. The molecule has 220 valence electrons. The summed E-state index contributed by atoms with van der Waals surface area (Å²) in [5, 5.41) is 0. The van der Waals surface area contributed by atoms with Crippen LogP contribution in [-0.4, -0.2) is 18.4 Å². The average Bonchev–Trinajstić information content (AvgIpc) is 3.66. The van der Waals surface area contributed by atoms with Gasteiger partial charge < -0.3 is 0 Å². The summed E-state index contributed by atoms with van der Waals surface area (Å²) in [5.41, 5.74) is 10.4. The fourth-order valence-corrected chi connectivity index (χ4v) is 7.95. The van der Waals surface area contributed by atoms with Crippen LogP contribution in [0.5, 0.6) is 0 Å². The van der Waals surface area contributed by atoms with Gasteiger partial charge in [-0.3, -0.25) is 9.97 Å². The Morgan fingerprint density at radius 1 is 0.581 bits per heavy atom. The summed E-state index contributed by atoms with van der Waals surface area (Å²) in [5.74, 6) is -2.12. The minimum absolute atomic E-state index is 0.0886. The fraction of sp³-hybridized carbons (Fsp3) is 0.278. The molecule has 2 aromatic carbocycles. The molecule has 0 fully saturated rings. The molecule has 0 radical (unpaired) electrons. The minimum atomic E-state index is -3.83. The molecule has 2 aliphatic carbocycles. The Labute approximate surface area is 252 Å². The van der Waals surface area contributed by atoms with E-state index >= 15 is 8.78 Å². The summed E-state index contributed by atoms with van der Waals surface area (Å²) in [7, 11) is -3.83. The van der Waals surface area contributed by atoms with Crippen LogP contribution in [0.1, 0.15) is 83.0 Å². The van der Waals surface area contributed by atoms with E-state index in [4.69, 9.17) is 0 Å². The molecular weight excluding hydrogens is 562 g/mol. The third kappa shape index (κ3) is 6.37. The molecule has 2 aromatic heterocycles. The van der Waals surface area contributed by atoms with E-state index in [1.165, 1.54) is 12.1 Å². The average molecular weight is 597 g/mol.